The highest BCUT2D eigenvalue weighted by atomic mass is 16.5. The van der Waals surface area contributed by atoms with Gasteiger partial charge in [-0.3, -0.25) is 9.59 Å². The Bertz CT molecular complexity index is 859. The van der Waals surface area contributed by atoms with E-state index in [1.807, 2.05) is 12.1 Å². The van der Waals surface area contributed by atoms with Crippen molar-refractivity contribution in [1.82, 2.24) is 0 Å². The third-order valence-corrected chi connectivity index (χ3v) is 8.82. The van der Waals surface area contributed by atoms with Crippen molar-refractivity contribution in [1.29, 1.82) is 0 Å². The van der Waals surface area contributed by atoms with E-state index in [0.717, 1.165) is 64.2 Å². The number of benzene rings is 1. The Balaban J connectivity index is 1.54. The van der Waals surface area contributed by atoms with Crippen LogP contribution in [0, 0.1) is 17.3 Å². The molecule has 1 N–H and O–H groups in total. The first-order chi connectivity index (χ1) is 15.4. The molecule has 0 heterocycles. The van der Waals surface area contributed by atoms with E-state index in [1.54, 1.807) is 0 Å². The number of carbonyl (C=O) groups excluding carboxylic acids is 2. The second-order valence-electron chi connectivity index (χ2n) is 10.7. The summed E-state index contributed by atoms with van der Waals surface area (Å²) in [7, 11) is 0. The molecule has 0 amide bonds. The molecule has 0 saturated heterocycles. The molecule has 5 unspecified atom stereocenters. The van der Waals surface area contributed by atoms with Crippen molar-refractivity contribution in [2.24, 2.45) is 17.3 Å². The Morgan fingerprint density at radius 1 is 1.06 bits per heavy atom. The number of esters is 1. The molecule has 2 saturated carbocycles. The van der Waals surface area contributed by atoms with Gasteiger partial charge in [-0.25, -0.2) is 0 Å². The maximum absolute atomic E-state index is 12.7. The summed E-state index contributed by atoms with van der Waals surface area (Å²) < 4.78 is 6.02. The number of phenolic OH excluding ortho intramolecular Hbond substituents is 1. The Kier molecular flexibility index (Phi) is 6.97. The molecule has 0 radical (unpaired) electrons. The van der Waals surface area contributed by atoms with Crippen LogP contribution in [-0.4, -0.2) is 23.0 Å². The van der Waals surface area contributed by atoms with Gasteiger partial charge in [0.1, 0.15) is 11.9 Å². The minimum Gasteiger partial charge on any atom is -0.507 e. The monoisotopic (exact) mass is 440 g/mol. The van der Waals surface area contributed by atoms with E-state index in [0.29, 0.717) is 36.2 Å². The van der Waals surface area contributed by atoms with Crippen LogP contribution in [0.3, 0.4) is 0 Å². The Morgan fingerprint density at radius 3 is 2.56 bits per heavy atom. The second kappa shape index (κ2) is 9.57. The van der Waals surface area contributed by atoms with Crippen molar-refractivity contribution in [3.05, 3.63) is 28.8 Å². The van der Waals surface area contributed by atoms with Crippen LogP contribution in [0.2, 0.25) is 0 Å². The lowest BCUT2D eigenvalue weighted by Crippen LogP contribution is -2.45. The van der Waals surface area contributed by atoms with Gasteiger partial charge in [0.15, 0.2) is 5.78 Å². The lowest BCUT2D eigenvalue weighted by Gasteiger charge is -2.50. The number of fused-ring (bicyclic) bond motifs is 5. The van der Waals surface area contributed by atoms with E-state index < -0.39 is 0 Å². The molecule has 176 valence electrons. The van der Waals surface area contributed by atoms with Gasteiger partial charge in [0.2, 0.25) is 0 Å². The molecule has 4 heteroatoms. The minimum atomic E-state index is -0.0273. The van der Waals surface area contributed by atoms with Gasteiger partial charge in [-0.05, 0) is 92.4 Å². The van der Waals surface area contributed by atoms with Gasteiger partial charge in [-0.15, -0.1) is 0 Å². The lowest BCUT2D eigenvalue weighted by molar-refractivity contribution is -0.157. The molecule has 3 aliphatic carbocycles. The molecule has 0 bridgehead atoms. The number of hydrogen-bond donors (Lipinski definition) is 1. The number of rotatable bonds is 8. The van der Waals surface area contributed by atoms with Crippen LogP contribution in [0.4, 0.5) is 0 Å². The normalized spacial score (nSPS) is 30.8. The number of ether oxygens (including phenoxy) is 1. The molecule has 4 nitrogen and oxygen atoms in total. The highest BCUT2D eigenvalue weighted by Crippen LogP contribution is 2.61. The predicted molar refractivity (Wildman–Crippen MR) is 126 cm³/mol. The van der Waals surface area contributed by atoms with Crippen molar-refractivity contribution >= 4 is 11.8 Å². The Labute approximate surface area is 193 Å². The molecule has 0 aromatic heterocycles. The number of Topliss-reactive ketones (excluding diaryl/α,β-unsaturated/α-hetero) is 1. The number of aryl methyl sites for hydroxylation is 1. The number of ketones is 1. The average molecular weight is 441 g/mol. The van der Waals surface area contributed by atoms with E-state index in [-0.39, 0.29) is 29.0 Å². The molecule has 3 aliphatic rings. The zero-order valence-electron chi connectivity index (χ0n) is 20.1. The van der Waals surface area contributed by atoms with Crippen LogP contribution >= 0.6 is 0 Å². The quantitative estimate of drug-likeness (QED) is 0.360. The molecule has 1 aromatic carbocycles. The van der Waals surface area contributed by atoms with Gasteiger partial charge in [0, 0.05) is 18.3 Å². The van der Waals surface area contributed by atoms with E-state index in [1.165, 1.54) is 11.1 Å². The summed E-state index contributed by atoms with van der Waals surface area (Å²) >= 11 is 0. The fraction of sp³-hybridized carbons (Fsp3) is 0.714. The summed E-state index contributed by atoms with van der Waals surface area (Å²) in [6.45, 7) is 6.54. The number of hydrogen-bond acceptors (Lipinski definition) is 4. The molecular weight excluding hydrogens is 400 g/mol. The van der Waals surface area contributed by atoms with Crippen LogP contribution < -0.4 is 0 Å². The van der Waals surface area contributed by atoms with Crippen molar-refractivity contribution in [2.75, 3.05) is 0 Å². The van der Waals surface area contributed by atoms with Gasteiger partial charge in [-0.2, -0.15) is 0 Å². The van der Waals surface area contributed by atoms with Gasteiger partial charge < -0.3 is 9.84 Å². The molecule has 4 rings (SSSR count). The van der Waals surface area contributed by atoms with Crippen LogP contribution in [0.25, 0.3) is 0 Å². The third-order valence-electron chi connectivity index (χ3n) is 8.82. The maximum Gasteiger partial charge on any atom is 0.306 e. The van der Waals surface area contributed by atoms with Crippen molar-refractivity contribution in [3.63, 3.8) is 0 Å². The van der Waals surface area contributed by atoms with Gasteiger partial charge in [0.05, 0.1) is 5.56 Å². The molecular formula is C28H40O4. The fourth-order valence-electron chi connectivity index (χ4n) is 6.99. The van der Waals surface area contributed by atoms with E-state index in [2.05, 4.69) is 20.8 Å². The fourth-order valence-corrected chi connectivity index (χ4v) is 6.99. The van der Waals surface area contributed by atoms with Crippen molar-refractivity contribution < 1.29 is 19.4 Å². The number of unbranched alkanes of at least 4 members (excludes halogenated alkanes) is 2. The van der Waals surface area contributed by atoms with E-state index in [4.69, 9.17) is 4.74 Å². The van der Waals surface area contributed by atoms with Crippen molar-refractivity contribution in [3.8, 4) is 5.75 Å². The maximum atomic E-state index is 12.7. The SMILES string of the molecule is CCCCC(=O)OC1CCC2C3CCc4cc(O)c(C(=O)CCCC)cc4C3CCC12C. The Hall–Kier alpha value is -1.84. The summed E-state index contributed by atoms with van der Waals surface area (Å²) in [4.78, 5) is 25.1. The van der Waals surface area contributed by atoms with Gasteiger partial charge in [-0.1, -0.05) is 33.6 Å². The highest BCUT2D eigenvalue weighted by molar-refractivity contribution is 5.99. The van der Waals surface area contributed by atoms with E-state index in [9.17, 15) is 14.7 Å². The number of aromatic hydroxyl groups is 1. The summed E-state index contributed by atoms with van der Waals surface area (Å²) in [6, 6.07) is 3.89. The molecule has 0 aliphatic heterocycles. The van der Waals surface area contributed by atoms with Gasteiger partial charge >= 0.3 is 5.97 Å². The summed E-state index contributed by atoms with van der Waals surface area (Å²) in [5.74, 6) is 1.78. The molecule has 2 fully saturated rings. The molecule has 0 spiro atoms. The first kappa shape index (κ1) is 23.3. The zero-order valence-corrected chi connectivity index (χ0v) is 20.1. The lowest BCUT2D eigenvalue weighted by atomic mass is 9.55. The van der Waals surface area contributed by atoms with Gasteiger partial charge in [0.25, 0.3) is 0 Å². The topological polar surface area (TPSA) is 63.6 Å². The second-order valence-corrected chi connectivity index (χ2v) is 10.7. The smallest absolute Gasteiger partial charge is 0.306 e. The molecule has 32 heavy (non-hydrogen) atoms. The minimum absolute atomic E-state index is 0.0273. The Morgan fingerprint density at radius 2 is 1.81 bits per heavy atom. The number of carbonyl (C=O) groups is 2. The van der Waals surface area contributed by atoms with Crippen LogP contribution in [0.15, 0.2) is 12.1 Å². The summed E-state index contributed by atoms with van der Waals surface area (Å²) in [5, 5.41) is 10.5. The van der Waals surface area contributed by atoms with Crippen LogP contribution in [-0.2, 0) is 16.0 Å². The average Bonchev–Trinajstić information content (AvgIpc) is 3.11. The molecule has 1 aromatic rings. The third kappa shape index (κ3) is 4.22. The zero-order chi connectivity index (χ0) is 22.9. The van der Waals surface area contributed by atoms with Crippen molar-refractivity contribution in [2.45, 2.75) is 110 Å². The standard InChI is InChI=1S/C28H40O4/c1-4-6-8-24(29)22-17-21-18(16-25(22)30)10-11-20-19(21)14-15-28(3)23(20)12-13-26(28)32-27(31)9-7-5-2/h16-17,19-20,23,26,30H,4-15H2,1-3H3. The largest absolute Gasteiger partial charge is 0.507 e. The van der Waals surface area contributed by atoms with Crippen LogP contribution in [0.5, 0.6) is 5.75 Å². The summed E-state index contributed by atoms with van der Waals surface area (Å²) in [6.07, 6.45) is 11.2. The highest BCUT2D eigenvalue weighted by Gasteiger charge is 2.56. The first-order valence-electron chi connectivity index (χ1n) is 13.0. The van der Waals surface area contributed by atoms with E-state index >= 15 is 0 Å². The summed E-state index contributed by atoms with van der Waals surface area (Å²) in [5.41, 5.74) is 3.10. The predicted octanol–water partition coefficient (Wildman–Crippen LogP) is 6.72. The molecule has 5 atom stereocenters. The van der Waals surface area contributed by atoms with Crippen LogP contribution in [0.1, 0.15) is 119 Å². The first-order valence-corrected chi connectivity index (χ1v) is 13.0. The number of phenols is 1.